The van der Waals surface area contributed by atoms with Crippen LogP contribution in [0.2, 0.25) is 0 Å². The number of rotatable bonds is 6. The van der Waals surface area contributed by atoms with Crippen LogP contribution in [0.1, 0.15) is 36.3 Å². The number of nitrogens with one attached hydrogen (secondary N) is 1. The van der Waals surface area contributed by atoms with E-state index in [9.17, 15) is 4.79 Å². The highest BCUT2D eigenvalue weighted by Gasteiger charge is 2.13. The maximum Gasteiger partial charge on any atom is 0.220 e. The van der Waals surface area contributed by atoms with E-state index < -0.39 is 0 Å². The highest BCUT2D eigenvalue weighted by molar-refractivity contribution is 7.09. The molecule has 2 heterocycles. The van der Waals surface area contributed by atoms with E-state index in [-0.39, 0.29) is 5.91 Å². The number of carbonyl (C=O) groups excluding carboxylic acids is 1. The molecule has 0 aliphatic carbocycles. The Morgan fingerprint density at radius 2 is 2.53 bits per heavy atom. The molecule has 1 amide bonds. The molecule has 1 aromatic rings. The first-order valence-electron chi connectivity index (χ1n) is 6.99. The van der Waals surface area contributed by atoms with Gasteiger partial charge in [-0.2, -0.15) is 0 Å². The molecule has 1 aliphatic rings. The minimum absolute atomic E-state index is 0.143. The summed E-state index contributed by atoms with van der Waals surface area (Å²) in [6, 6.07) is 0. The minimum Gasteiger partial charge on any atom is -0.381 e. The topological polar surface area (TPSA) is 51.2 Å². The van der Waals surface area contributed by atoms with Crippen LogP contribution in [0.25, 0.3) is 0 Å². The van der Waals surface area contributed by atoms with Gasteiger partial charge >= 0.3 is 0 Å². The summed E-state index contributed by atoms with van der Waals surface area (Å²) in [5.74, 6) is 0.766. The van der Waals surface area contributed by atoms with Gasteiger partial charge in [0.05, 0.1) is 11.2 Å². The van der Waals surface area contributed by atoms with Gasteiger partial charge in [0, 0.05) is 31.1 Å². The van der Waals surface area contributed by atoms with Crippen molar-refractivity contribution in [2.75, 3.05) is 19.8 Å². The van der Waals surface area contributed by atoms with Gasteiger partial charge in [0.15, 0.2) is 0 Å². The van der Waals surface area contributed by atoms with Gasteiger partial charge in [-0.3, -0.25) is 4.79 Å². The zero-order chi connectivity index (χ0) is 13.5. The van der Waals surface area contributed by atoms with Crippen LogP contribution in [0.5, 0.6) is 0 Å². The number of carbonyl (C=O) groups is 1. The Labute approximate surface area is 118 Å². The van der Waals surface area contributed by atoms with E-state index in [2.05, 4.69) is 10.3 Å². The second-order valence-electron chi connectivity index (χ2n) is 5.08. The number of nitrogens with zero attached hydrogens (tertiary/aromatic N) is 1. The fourth-order valence-corrected chi connectivity index (χ4v) is 3.11. The molecular weight excluding hydrogens is 260 g/mol. The van der Waals surface area contributed by atoms with Gasteiger partial charge in [-0.25, -0.2) is 4.98 Å². The minimum atomic E-state index is 0.143. The lowest BCUT2D eigenvalue weighted by Crippen LogP contribution is -2.28. The molecule has 0 aromatic carbocycles. The van der Waals surface area contributed by atoms with Crippen LogP contribution >= 0.6 is 11.3 Å². The number of aromatic nitrogens is 1. The smallest absolute Gasteiger partial charge is 0.220 e. The van der Waals surface area contributed by atoms with Crippen molar-refractivity contribution in [2.45, 2.75) is 39.0 Å². The Kier molecular flexibility index (Phi) is 5.79. The molecule has 0 saturated carbocycles. The van der Waals surface area contributed by atoms with Crippen LogP contribution < -0.4 is 5.32 Å². The molecular formula is C14H22N2O2S. The van der Waals surface area contributed by atoms with Gasteiger partial charge in [-0.1, -0.05) is 0 Å². The van der Waals surface area contributed by atoms with E-state index in [1.165, 1.54) is 11.3 Å². The molecule has 1 atom stereocenters. The van der Waals surface area contributed by atoms with E-state index >= 15 is 0 Å². The van der Waals surface area contributed by atoms with Crippen LogP contribution in [0.4, 0.5) is 0 Å². The van der Waals surface area contributed by atoms with Crippen LogP contribution in [-0.2, 0) is 16.0 Å². The Morgan fingerprint density at radius 3 is 3.21 bits per heavy atom. The van der Waals surface area contributed by atoms with Crippen LogP contribution in [0.3, 0.4) is 0 Å². The summed E-state index contributed by atoms with van der Waals surface area (Å²) >= 11 is 1.63. The number of hydrogen-bond acceptors (Lipinski definition) is 4. The lowest BCUT2D eigenvalue weighted by molar-refractivity contribution is -0.121. The van der Waals surface area contributed by atoms with Gasteiger partial charge in [0.2, 0.25) is 5.91 Å². The van der Waals surface area contributed by atoms with Gasteiger partial charge in [-0.05, 0) is 38.5 Å². The molecule has 5 heteroatoms. The number of amides is 1. The summed E-state index contributed by atoms with van der Waals surface area (Å²) in [6.45, 7) is 4.52. The van der Waals surface area contributed by atoms with Crippen molar-refractivity contribution in [1.29, 1.82) is 0 Å². The molecule has 0 spiro atoms. The van der Waals surface area contributed by atoms with Gasteiger partial charge in [0.1, 0.15) is 0 Å². The first-order chi connectivity index (χ1) is 9.25. The van der Waals surface area contributed by atoms with E-state index in [1.54, 1.807) is 11.3 Å². The third kappa shape index (κ3) is 4.91. The molecule has 1 aliphatic heterocycles. The Bertz CT molecular complexity index is 400. The largest absolute Gasteiger partial charge is 0.381 e. The quantitative estimate of drug-likeness (QED) is 0.871. The number of hydrogen-bond donors (Lipinski definition) is 1. The number of aryl methyl sites for hydroxylation is 2. The van der Waals surface area contributed by atoms with E-state index in [0.29, 0.717) is 12.3 Å². The maximum atomic E-state index is 11.7. The average Bonchev–Trinajstić information content (AvgIpc) is 2.83. The second-order valence-corrected chi connectivity index (χ2v) is 6.02. The number of ether oxygens (including phenoxy) is 1. The molecule has 1 saturated heterocycles. The predicted molar refractivity (Wildman–Crippen MR) is 76.3 cm³/mol. The van der Waals surface area contributed by atoms with Gasteiger partial charge < -0.3 is 10.1 Å². The highest BCUT2D eigenvalue weighted by Crippen LogP contribution is 2.16. The summed E-state index contributed by atoms with van der Waals surface area (Å²) in [6.07, 6.45) is 4.78. The Balaban J connectivity index is 1.58. The molecule has 0 bridgehead atoms. The van der Waals surface area contributed by atoms with Crippen molar-refractivity contribution in [3.8, 4) is 0 Å². The summed E-state index contributed by atoms with van der Waals surface area (Å²) in [5.41, 5.74) is 2.89. The van der Waals surface area contributed by atoms with E-state index in [0.717, 1.165) is 44.7 Å². The highest BCUT2D eigenvalue weighted by atomic mass is 32.1. The van der Waals surface area contributed by atoms with E-state index in [4.69, 9.17) is 4.74 Å². The fraction of sp³-hybridized carbons (Fsp3) is 0.714. The van der Waals surface area contributed by atoms with Crippen LogP contribution in [0, 0.1) is 12.8 Å². The second kappa shape index (κ2) is 7.60. The number of thiazole rings is 1. The van der Waals surface area contributed by atoms with Crippen LogP contribution in [0.15, 0.2) is 5.51 Å². The maximum absolute atomic E-state index is 11.7. The summed E-state index contributed by atoms with van der Waals surface area (Å²) in [4.78, 5) is 17.1. The molecule has 0 radical (unpaired) electrons. The molecule has 1 aromatic heterocycles. The summed E-state index contributed by atoms with van der Waals surface area (Å²) in [7, 11) is 0. The Hall–Kier alpha value is -0.940. The van der Waals surface area contributed by atoms with Gasteiger partial charge in [-0.15, -0.1) is 11.3 Å². The third-order valence-corrected chi connectivity index (χ3v) is 4.55. The third-order valence-electron chi connectivity index (χ3n) is 3.55. The fourth-order valence-electron chi connectivity index (χ4n) is 2.33. The molecule has 19 heavy (non-hydrogen) atoms. The van der Waals surface area contributed by atoms with Gasteiger partial charge in [0.25, 0.3) is 0 Å². The normalized spacial score (nSPS) is 19.3. The first-order valence-corrected chi connectivity index (χ1v) is 7.87. The standard InChI is InChI=1S/C14H22N2O2S/c1-11-13(19-10-16-11)4-5-14(17)15-7-6-12-3-2-8-18-9-12/h10,12H,2-9H2,1H3,(H,15,17)/t12-/m1/s1. The molecule has 106 valence electrons. The average molecular weight is 282 g/mol. The van der Waals surface area contributed by atoms with Crippen molar-refractivity contribution in [2.24, 2.45) is 5.92 Å². The Morgan fingerprint density at radius 1 is 1.63 bits per heavy atom. The molecule has 0 unspecified atom stereocenters. The zero-order valence-corrected chi connectivity index (χ0v) is 12.3. The monoisotopic (exact) mass is 282 g/mol. The first kappa shape index (κ1) is 14.5. The molecule has 2 rings (SSSR count). The van der Waals surface area contributed by atoms with Crippen molar-refractivity contribution < 1.29 is 9.53 Å². The summed E-state index contributed by atoms with van der Waals surface area (Å²) in [5, 5.41) is 3.00. The van der Waals surface area contributed by atoms with Crippen molar-refractivity contribution in [3.05, 3.63) is 16.1 Å². The zero-order valence-electron chi connectivity index (χ0n) is 11.5. The van der Waals surface area contributed by atoms with Crippen molar-refractivity contribution in [1.82, 2.24) is 10.3 Å². The SMILES string of the molecule is Cc1ncsc1CCC(=O)NCC[C@H]1CCCOC1. The molecule has 1 N–H and O–H groups in total. The summed E-state index contributed by atoms with van der Waals surface area (Å²) < 4.78 is 5.43. The van der Waals surface area contributed by atoms with E-state index in [1.807, 2.05) is 12.4 Å². The van der Waals surface area contributed by atoms with Crippen molar-refractivity contribution in [3.63, 3.8) is 0 Å². The molecule has 4 nitrogen and oxygen atoms in total. The predicted octanol–water partition coefficient (Wildman–Crippen LogP) is 2.32. The van der Waals surface area contributed by atoms with Crippen molar-refractivity contribution >= 4 is 17.2 Å². The lowest BCUT2D eigenvalue weighted by atomic mass is 9.99. The molecule has 1 fully saturated rings. The lowest BCUT2D eigenvalue weighted by Gasteiger charge is -2.21. The van der Waals surface area contributed by atoms with Crippen LogP contribution in [-0.4, -0.2) is 30.6 Å².